The largest absolute Gasteiger partial charge is 0.481 e. The number of hydrogen-bond donors (Lipinski definition) is 2. The molecule has 0 spiro atoms. The fraction of sp³-hybridized carbons (Fsp3) is 0.467. The Bertz CT molecular complexity index is 467. The quantitative estimate of drug-likeness (QED) is 0.800. The maximum absolute atomic E-state index is 11.0. The lowest BCUT2D eigenvalue weighted by Crippen LogP contribution is -2.37. The van der Waals surface area contributed by atoms with Crippen LogP contribution in [0.25, 0.3) is 0 Å². The standard InChI is InChI=1S/C15H21NO4/c1-10(2)16(9-11(3)15(19)20)13-6-4-12(5-7-13)8-14(17)18/h4-7,10-11H,8-9H2,1-3H3,(H,17,18)(H,19,20). The van der Waals surface area contributed by atoms with Gasteiger partial charge in [-0.2, -0.15) is 0 Å². The van der Waals surface area contributed by atoms with Gasteiger partial charge in [-0.1, -0.05) is 19.1 Å². The molecule has 0 aromatic heterocycles. The van der Waals surface area contributed by atoms with E-state index in [2.05, 4.69) is 0 Å². The van der Waals surface area contributed by atoms with Gasteiger partial charge in [0.1, 0.15) is 0 Å². The van der Waals surface area contributed by atoms with E-state index in [1.165, 1.54) is 0 Å². The Labute approximate surface area is 118 Å². The number of carboxylic acids is 2. The van der Waals surface area contributed by atoms with Gasteiger partial charge in [0.2, 0.25) is 0 Å². The van der Waals surface area contributed by atoms with Crippen molar-refractivity contribution in [3.8, 4) is 0 Å². The van der Waals surface area contributed by atoms with Gasteiger partial charge in [-0.15, -0.1) is 0 Å². The summed E-state index contributed by atoms with van der Waals surface area (Å²) in [5, 5.41) is 17.7. The van der Waals surface area contributed by atoms with E-state index in [4.69, 9.17) is 10.2 Å². The van der Waals surface area contributed by atoms with Crippen molar-refractivity contribution in [2.45, 2.75) is 33.2 Å². The first kappa shape index (κ1) is 16.0. The molecule has 0 fully saturated rings. The first-order valence-corrected chi connectivity index (χ1v) is 6.61. The Morgan fingerprint density at radius 1 is 1.10 bits per heavy atom. The summed E-state index contributed by atoms with van der Waals surface area (Å²) in [5.41, 5.74) is 1.64. The summed E-state index contributed by atoms with van der Waals surface area (Å²) in [6.45, 7) is 6.10. The van der Waals surface area contributed by atoms with Crippen LogP contribution in [0, 0.1) is 5.92 Å². The van der Waals surface area contributed by atoms with Crippen LogP contribution in [0.5, 0.6) is 0 Å². The molecule has 2 N–H and O–H groups in total. The maximum Gasteiger partial charge on any atom is 0.308 e. The average molecular weight is 279 g/mol. The summed E-state index contributed by atoms with van der Waals surface area (Å²) in [4.78, 5) is 23.6. The molecule has 5 heteroatoms. The number of carbonyl (C=O) groups is 2. The van der Waals surface area contributed by atoms with Crippen LogP contribution in [0.15, 0.2) is 24.3 Å². The van der Waals surface area contributed by atoms with Crippen LogP contribution < -0.4 is 4.90 Å². The first-order chi connectivity index (χ1) is 9.31. The molecule has 20 heavy (non-hydrogen) atoms. The van der Waals surface area contributed by atoms with Gasteiger partial charge in [-0.05, 0) is 31.5 Å². The van der Waals surface area contributed by atoms with Crippen LogP contribution in [-0.4, -0.2) is 34.7 Å². The Hall–Kier alpha value is -2.04. The van der Waals surface area contributed by atoms with Crippen molar-refractivity contribution in [3.63, 3.8) is 0 Å². The molecule has 110 valence electrons. The predicted molar refractivity (Wildman–Crippen MR) is 77.1 cm³/mol. The average Bonchev–Trinajstić information content (AvgIpc) is 2.35. The molecule has 0 bridgehead atoms. The van der Waals surface area contributed by atoms with E-state index in [0.29, 0.717) is 6.54 Å². The fourth-order valence-corrected chi connectivity index (χ4v) is 1.97. The van der Waals surface area contributed by atoms with Crippen LogP contribution in [0.4, 0.5) is 5.69 Å². The highest BCUT2D eigenvalue weighted by Gasteiger charge is 2.18. The molecule has 1 atom stereocenters. The van der Waals surface area contributed by atoms with Gasteiger partial charge in [-0.25, -0.2) is 0 Å². The monoisotopic (exact) mass is 279 g/mol. The number of aliphatic carboxylic acids is 2. The topological polar surface area (TPSA) is 77.8 Å². The van der Waals surface area contributed by atoms with Gasteiger partial charge < -0.3 is 15.1 Å². The minimum atomic E-state index is -0.863. The molecular weight excluding hydrogens is 258 g/mol. The van der Waals surface area contributed by atoms with Gasteiger partial charge in [0, 0.05) is 18.3 Å². The molecule has 1 unspecified atom stereocenters. The first-order valence-electron chi connectivity index (χ1n) is 6.61. The molecule has 0 amide bonds. The lowest BCUT2D eigenvalue weighted by Gasteiger charge is -2.30. The zero-order valence-corrected chi connectivity index (χ0v) is 12.0. The number of hydrogen-bond acceptors (Lipinski definition) is 3. The van der Waals surface area contributed by atoms with Crippen molar-refractivity contribution < 1.29 is 19.8 Å². The van der Waals surface area contributed by atoms with Crippen molar-refractivity contribution in [2.75, 3.05) is 11.4 Å². The third-order valence-corrected chi connectivity index (χ3v) is 3.14. The summed E-state index contributed by atoms with van der Waals surface area (Å²) >= 11 is 0. The van der Waals surface area contributed by atoms with Crippen molar-refractivity contribution >= 4 is 17.6 Å². The normalized spacial score (nSPS) is 12.2. The maximum atomic E-state index is 11.0. The molecule has 0 saturated carbocycles. The van der Waals surface area contributed by atoms with Gasteiger partial charge >= 0.3 is 11.9 Å². The molecule has 0 heterocycles. The van der Waals surface area contributed by atoms with Crippen molar-refractivity contribution in [3.05, 3.63) is 29.8 Å². The Morgan fingerprint density at radius 3 is 2.05 bits per heavy atom. The second-order valence-electron chi connectivity index (χ2n) is 5.22. The van der Waals surface area contributed by atoms with Gasteiger partial charge in [0.15, 0.2) is 0 Å². The summed E-state index contributed by atoms with van der Waals surface area (Å²) in [5.74, 6) is -2.15. The molecular formula is C15H21NO4. The zero-order chi connectivity index (χ0) is 15.3. The van der Waals surface area contributed by atoms with Crippen molar-refractivity contribution in [2.24, 2.45) is 5.92 Å². The van der Waals surface area contributed by atoms with Crippen molar-refractivity contribution in [1.82, 2.24) is 0 Å². The number of anilines is 1. The lowest BCUT2D eigenvalue weighted by atomic mass is 10.1. The second kappa shape index (κ2) is 6.93. The summed E-state index contributed by atoms with van der Waals surface area (Å²) in [6.07, 6.45) is -0.00646. The molecule has 1 aromatic carbocycles. The third-order valence-electron chi connectivity index (χ3n) is 3.14. The Kier molecular flexibility index (Phi) is 5.55. The van der Waals surface area contributed by atoms with E-state index in [1.807, 2.05) is 30.9 Å². The Morgan fingerprint density at radius 2 is 1.65 bits per heavy atom. The number of nitrogens with zero attached hydrogens (tertiary/aromatic N) is 1. The van der Waals surface area contributed by atoms with E-state index in [0.717, 1.165) is 11.3 Å². The van der Waals surface area contributed by atoms with Crippen LogP contribution in [0.1, 0.15) is 26.3 Å². The summed E-state index contributed by atoms with van der Waals surface area (Å²) in [6, 6.07) is 7.39. The van der Waals surface area contributed by atoms with Crippen LogP contribution in [0.3, 0.4) is 0 Å². The van der Waals surface area contributed by atoms with E-state index < -0.39 is 17.9 Å². The summed E-state index contributed by atoms with van der Waals surface area (Å²) < 4.78 is 0. The molecule has 5 nitrogen and oxygen atoms in total. The van der Waals surface area contributed by atoms with Crippen LogP contribution in [-0.2, 0) is 16.0 Å². The molecule has 0 radical (unpaired) electrons. The van der Waals surface area contributed by atoms with Gasteiger partial charge in [-0.3, -0.25) is 9.59 Å². The molecule has 0 aliphatic rings. The second-order valence-corrected chi connectivity index (χ2v) is 5.22. The highest BCUT2D eigenvalue weighted by atomic mass is 16.4. The smallest absolute Gasteiger partial charge is 0.308 e. The summed E-state index contributed by atoms with van der Waals surface area (Å²) in [7, 11) is 0. The van der Waals surface area contributed by atoms with Crippen molar-refractivity contribution in [1.29, 1.82) is 0 Å². The van der Waals surface area contributed by atoms with Gasteiger partial charge in [0.05, 0.1) is 12.3 Å². The van der Waals surface area contributed by atoms with Crippen LogP contribution >= 0.6 is 0 Å². The van der Waals surface area contributed by atoms with Gasteiger partial charge in [0.25, 0.3) is 0 Å². The number of rotatable bonds is 7. The van der Waals surface area contributed by atoms with E-state index in [1.54, 1.807) is 19.1 Å². The zero-order valence-electron chi connectivity index (χ0n) is 12.0. The van der Waals surface area contributed by atoms with E-state index in [-0.39, 0.29) is 12.5 Å². The SMILES string of the molecule is CC(CN(c1ccc(CC(=O)O)cc1)C(C)C)C(=O)O. The molecule has 0 aliphatic carbocycles. The highest BCUT2D eigenvalue weighted by Crippen LogP contribution is 2.20. The minimum Gasteiger partial charge on any atom is -0.481 e. The number of carboxylic acid groups (broad SMARTS) is 2. The molecule has 0 aliphatic heterocycles. The fourth-order valence-electron chi connectivity index (χ4n) is 1.97. The Balaban J connectivity index is 2.87. The number of benzene rings is 1. The molecule has 0 saturated heterocycles. The molecule has 1 aromatic rings. The predicted octanol–water partition coefficient (Wildman–Crippen LogP) is 2.25. The minimum absolute atomic E-state index is 0.00646. The van der Waals surface area contributed by atoms with E-state index in [9.17, 15) is 9.59 Å². The highest BCUT2D eigenvalue weighted by molar-refractivity contribution is 5.71. The lowest BCUT2D eigenvalue weighted by molar-refractivity contribution is -0.141. The third kappa shape index (κ3) is 4.57. The van der Waals surface area contributed by atoms with Crippen LogP contribution in [0.2, 0.25) is 0 Å². The van der Waals surface area contributed by atoms with E-state index >= 15 is 0 Å². The molecule has 1 rings (SSSR count).